The van der Waals surface area contributed by atoms with E-state index in [-0.39, 0.29) is 30.9 Å². The van der Waals surface area contributed by atoms with Crippen molar-refractivity contribution in [2.75, 3.05) is 13.1 Å². The van der Waals surface area contributed by atoms with Gasteiger partial charge in [0.25, 0.3) is 0 Å². The molecule has 1 aliphatic heterocycles. The maximum Gasteiger partial charge on any atom is 0.311 e. The predicted molar refractivity (Wildman–Crippen MR) is 71.6 cm³/mol. The number of halogens is 2. The van der Waals surface area contributed by atoms with Crippen LogP contribution in [0.1, 0.15) is 25.3 Å². The number of nitrogens with zero attached hydrogens (tertiary/aromatic N) is 1. The van der Waals surface area contributed by atoms with E-state index in [4.69, 9.17) is 5.11 Å². The van der Waals surface area contributed by atoms with E-state index in [0.717, 1.165) is 18.2 Å². The minimum Gasteiger partial charge on any atom is -0.481 e. The topological polar surface area (TPSA) is 57.6 Å². The Bertz CT molecular complexity index is 576. The van der Waals surface area contributed by atoms with Crippen LogP contribution in [0.3, 0.4) is 0 Å². The number of rotatable bonds is 4. The van der Waals surface area contributed by atoms with Crippen molar-refractivity contribution in [2.45, 2.75) is 26.2 Å². The molecule has 1 fully saturated rings. The van der Waals surface area contributed by atoms with Crippen molar-refractivity contribution in [3.8, 4) is 0 Å². The van der Waals surface area contributed by atoms with Crippen molar-refractivity contribution in [1.82, 2.24) is 4.90 Å². The molecule has 0 spiro atoms. The SMILES string of the molecule is C[C@]1(C(=O)O)CCN(C(=O)CCc2cc(F)ccc2F)C1. The summed E-state index contributed by atoms with van der Waals surface area (Å²) in [5.41, 5.74) is -0.761. The molecule has 1 N–H and O–H groups in total. The Labute approximate surface area is 121 Å². The second-order valence-corrected chi connectivity index (χ2v) is 5.67. The second-order valence-electron chi connectivity index (χ2n) is 5.67. The maximum absolute atomic E-state index is 13.5. The molecule has 0 unspecified atom stereocenters. The Morgan fingerprint density at radius 2 is 2.10 bits per heavy atom. The van der Waals surface area contributed by atoms with Crippen molar-refractivity contribution in [3.05, 3.63) is 35.4 Å². The minimum absolute atomic E-state index is 0.0378. The Kier molecular flexibility index (Phi) is 4.25. The van der Waals surface area contributed by atoms with Gasteiger partial charge >= 0.3 is 5.97 Å². The van der Waals surface area contributed by atoms with Crippen LogP contribution in [0.2, 0.25) is 0 Å². The van der Waals surface area contributed by atoms with Crippen LogP contribution in [0.15, 0.2) is 18.2 Å². The third kappa shape index (κ3) is 3.37. The zero-order chi connectivity index (χ0) is 15.6. The van der Waals surface area contributed by atoms with Crippen molar-refractivity contribution in [3.63, 3.8) is 0 Å². The number of carbonyl (C=O) groups is 2. The molecule has 0 radical (unpaired) electrons. The molecule has 6 heteroatoms. The number of likely N-dealkylation sites (tertiary alicyclic amines) is 1. The second kappa shape index (κ2) is 5.79. The van der Waals surface area contributed by atoms with Crippen LogP contribution in [0.25, 0.3) is 0 Å². The molecule has 4 nitrogen and oxygen atoms in total. The van der Waals surface area contributed by atoms with Gasteiger partial charge < -0.3 is 10.0 Å². The van der Waals surface area contributed by atoms with Gasteiger partial charge in [0, 0.05) is 19.5 Å². The first-order valence-corrected chi connectivity index (χ1v) is 6.77. The number of aryl methyl sites for hydroxylation is 1. The van der Waals surface area contributed by atoms with Gasteiger partial charge in [-0.3, -0.25) is 9.59 Å². The van der Waals surface area contributed by atoms with E-state index < -0.39 is 23.0 Å². The summed E-state index contributed by atoms with van der Waals surface area (Å²) in [6.45, 7) is 2.15. The molecule has 21 heavy (non-hydrogen) atoms. The lowest BCUT2D eigenvalue weighted by Gasteiger charge is -2.20. The number of benzene rings is 1. The van der Waals surface area contributed by atoms with Crippen LogP contribution in [0.4, 0.5) is 8.78 Å². The fourth-order valence-electron chi connectivity index (χ4n) is 2.48. The Morgan fingerprint density at radius 1 is 1.38 bits per heavy atom. The smallest absolute Gasteiger partial charge is 0.311 e. The van der Waals surface area contributed by atoms with Gasteiger partial charge in [0.1, 0.15) is 11.6 Å². The molecule has 1 aromatic rings. The van der Waals surface area contributed by atoms with E-state index in [1.165, 1.54) is 4.90 Å². The monoisotopic (exact) mass is 297 g/mol. The lowest BCUT2D eigenvalue weighted by Crippen LogP contribution is -2.35. The summed E-state index contributed by atoms with van der Waals surface area (Å²) < 4.78 is 26.5. The maximum atomic E-state index is 13.5. The van der Waals surface area contributed by atoms with Crippen LogP contribution < -0.4 is 0 Å². The highest BCUT2D eigenvalue weighted by molar-refractivity contribution is 5.80. The molecule has 1 aromatic carbocycles. The van der Waals surface area contributed by atoms with Gasteiger partial charge in [0.2, 0.25) is 5.91 Å². The molecule has 1 amide bonds. The molecule has 1 atom stereocenters. The highest BCUT2D eigenvalue weighted by atomic mass is 19.1. The van der Waals surface area contributed by atoms with Gasteiger partial charge in [-0.15, -0.1) is 0 Å². The number of aliphatic carboxylic acids is 1. The van der Waals surface area contributed by atoms with E-state index in [0.29, 0.717) is 13.0 Å². The summed E-state index contributed by atoms with van der Waals surface area (Å²) in [4.78, 5) is 24.6. The average molecular weight is 297 g/mol. The fourth-order valence-corrected chi connectivity index (χ4v) is 2.48. The van der Waals surface area contributed by atoms with Crippen LogP contribution in [-0.4, -0.2) is 35.0 Å². The van der Waals surface area contributed by atoms with E-state index in [1.807, 2.05) is 0 Å². The van der Waals surface area contributed by atoms with Gasteiger partial charge in [-0.1, -0.05) is 0 Å². The first-order valence-electron chi connectivity index (χ1n) is 6.77. The summed E-state index contributed by atoms with van der Waals surface area (Å²) in [6, 6.07) is 3.14. The lowest BCUT2D eigenvalue weighted by atomic mass is 9.90. The minimum atomic E-state index is -0.922. The van der Waals surface area contributed by atoms with Crippen LogP contribution in [0, 0.1) is 17.0 Å². The number of amides is 1. The fraction of sp³-hybridized carbons (Fsp3) is 0.467. The lowest BCUT2D eigenvalue weighted by molar-refractivity contribution is -0.147. The summed E-state index contributed by atoms with van der Waals surface area (Å²) in [6.07, 6.45) is 0.543. The van der Waals surface area contributed by atoms with Crippen molar-refractivity contribution in [1.29, 1.82) is 0 Å². The van der Waals surface area contributed by atoms with E-state index in [1.54, 1.807) is 6.92 Å². The first-order chi connectivity index (χ1) is 9.82. The quantitative estimate of drug-likeness (QED) is 0.927. The number of carboxylic acid groups (broad SMARTS) is 1. The van der Waals surface area contributed by atoms with E-state index >= 15 is 0 Å². The molecule has 114 valence electrons. The number of carboxylic acids is 1. The van der Waals surface area contributed by atoms with Crippen LogP contribution in [-0.2, 0) is 16.0 Å². The molecule has 0 bridgehead atoms. The van der Waals surface area contributed by atoms with E-state index in [2.05, 4.69) is 0 Å². The average Bonchev–Trinajstić information content (AvgIpc) is 2.84. The summed E-state index contributed by atoms with van der Waals surface area (Å²) >= 11 is 0. The zero-order valence-electron chi connectivity index (χ0n) is 11.7. The standard InChI is InChI=1S/C15H17F2NO3/c1-15(14(20)21)6-7-18(9-15)13(19)5-2-10-8-11(16)3-4-12(10)17/h3-4,8H,2,5-7,9H2,1H3,(H,20,21)/t15-/m0/s1. The third-order valence-corrected chi connectivity index (χ3v) is 3.96. The molecule has 1 saturated heterocycles. The van der Waals surface area contributed by atoms with Gasteiger partial charge in [-0.05, 0) is 43.5 Å². The normalized spacial score (nSPS) is 21.6. The first kappa shape index (κ1) is 15.4. The predicted octanol–water partition coefficient (Wildman–Crippen LogP) is 2.22. The van der Waals surface area contributed by atoms with Crippen LogP contribution >= 0.6 is 0 Å². The molecule has 0 saturated carbocycles. The summed E-state index contributed by atoms with van der Waals surface area (Å²) in [7, 11) is 0. The molecular formula is C15H17F2NO3. The Balaban J connectivity index is 1.94. The molecule has 2 rings (SSSR count). The molecule has 1 heterocycles. The Hall–Kier alpha value is -1.98. The summed E-state index contributed by atoms with van der Waals surface area (Å²) in [5.74, 6) is -2.24. The largest absolute Gasteiger partial charge is 0.481 e. The van der Waals surface area contributed by atoms with Crippen molar-refractivity contribution >= 4 is 11.9 Å². The number of hydrogen-bond acceptors (Lipinski definition) is 2. The van der Waals surface area contributed by atoms with Gasteiger partial charge in [0.15, 0.2) is 0 Å². The summed E-state index contributed by atoms with van der Waals surface area (Å²) in [5, 5.41) is 9.12. The van der Waals surface area contributed by atoms with Crippen molar-refractivity contribution < 1.29 is 23.5 Å². The molecule has 1 aliphatic rings. The zero-order valence-corrected chi connectivity index (χ0v) is 11.7. The van der Waals surface area contributed by atoms with Crippen molar-refractivity contribution in [2.24, 2.45) is 5.41 Å². The number of hydrogen-bond donors (Lipinski definition) is 1. The van der Waals surface area contributed by atoms with Crippen LogP contribution in [0.5, 0.6) is 0 Å². The third-order valence-electron chi connectivity index (χ3n) is 3.96. The van der Waals surface area contributed by atoms with Gasteiger partial charge in [0.05, 0.1) is 5.41 Å². The van der Waals surface area contributed by atoms with E-state index in [9.17, 15) is 18.4 Å². The number of carbonyl (C=O) groups excluding carboxylic acids is 1. The highest BCUT2D eigenvalue weighted by Crippen LogP contribution is 2.30. The molecule has 0 aliphatic carbocycles. The highest BCUT2D eigenvalue weighted by Gasteiger charge is 2.41. The molecule has 0 aromatic heterocycles. The van der Waals surface area contributed by atoms with Gasteiger partial charge in [-0.2, -0.15) is 0 Å². The Morgan fingerprint density at radius 3 is 2.71 bits per heavy atom. The van der Waals surface area contributed by atoms with Gasteiger partial charge in [-0.25, -0.2) is 8.78 Å². The molecular weight excluding hydrogens is 280 g/mol.